The molecule has 1 aromatic carbocycles. The van der Waals surface area contributed by atoms with Crippen LogP contribution in [0, 0.1) is 5.82 Å². The number of hydrogen-bond donors (Lipinski definition) is 1. The van der Waals surface area contributed by atoms with Crippen molar-refractivity contribution in [1.82, 2.24) is 4.90 Å². The number of likely N-dealkylation sites (tertiary alicyclic amines) is 1. The number of halogens is 1. The third kappa shape index (κ3) is 2.19. The van der Waals surface area contributed by atoms with Crippen LogP contribution >= 0.6 is 0 Å². The lowest BCUT2D eigenvalue weighted by Gasteiger charge is -2.38. The third-order valence-corrected chi connectivity index (χ3v) is 3.18. The van der Waals surface area contributed by atoms with Crippen LogP contribution in [0.5, 0.6) is 0 Å². The lowest BCUT2D eigenvalue weighted by molar-refractivity contribution is 0.0945. The maximum absolute atomic E-state index is 13.6. The van der Waals surface area contributed by atoms with E-state index in [4.69, 9.17) is 5.73 Å². The van der Waals surface area contributed by atoms with E-state index in [0.29, 0.717) is 12.6 Å². The van der Waals surface area contributed by atoms with Crippen molar-refractivity contribution in [2.75, 3.05) is 6.54 Å². The largest absolute Gasteiger partial charge is 0.326 e. The highest BCUT2D eigenvalue weighted by molar-refractivity contribution is 5.24. The molecule has 2 rings (SSSR count). The number of hydrogen-bond acceptors (Lipinski definition) is 2. The molecule has 1 heterocycles. The van der Waals surface area contributed by atoms with Crippen LogP contribution in [0.15, 0.2) is 18.2 Å². The molecule has 0 bridgehead atoms. The lowest BCUT2D eigenvalue weighted by Crippen LogP contribution is -2.44. The zero-order valence-electron chi connectivity index (χ0n) is 9.04. The van der Waals surface area contributed by atoms with Gasteiger partial charge in [-0.2, -0.15) is 0 Å². The van der Waals surface area contributed by atoms with E-state index in [9.17, 15) is 4.39 Å². The summed E-state index contributed by atoms with van der Waals surface area (Å²) in [7, 11) is 0. The van der Waals surface area contributed by atoms with Gasteiger partial charge in [-0.05, 0) is 25.0 Å². The molecule has 82 valence electrons. The summed E-state index contributed by atoms with van der Waals surface area (Å²) in [6, 6.07) is 5.89. The molecule has 0 radical (unpaired) electrons. The van der Waals surface area contributed by atoms with Gasteiger partial charge in [0, 0.05) is 31.2 Å². The standard InChI is InChI=1S/C12H17FN2/c1-9-4-5-15(9)8-11-3-2-10(7-14)6-12(11)13/h2-3,6,9H,4-5,7-8,14H2,1H3. The molecule has 15 heavy (non-hydrogen) atoms. The normalized spacial score (nSPS) is 21.4. The summed E-state index contributed by atoms with van der Waals surface area (Å²) in [6.45, 7) is 4.38. The first kappa shape index (κ1) is 10.6. The average molecular weight is 208 g/mol. The van der Waals surface area contributed by atoms with Crippen LogP contribution in [-0.4, -0.2) is 17.5 Å². The Hall–Kier alpha value is -0.930. The summed E-state index contributed by atoms with van der Waals surface area (Å²) in [6.07, 6.45) is 1.22. The summed E-state index contributed by atoms with van der Waals surface area (Å²) in [5.41, 5.74) is 7.08. The molecule has 1 aliphatic rings. The van der Waals surface area contributed by atoms with Crippen LogP contribution < -0.4 is 5.73 Å². The van der Waals surface area contributed by atoms with Crippen molar-refractivity contribution in [3.63, 3.8) is 0 Å². The lowest BCUT2D eigenvalue weighted by atomic mass is 10.0. The monoisotopic (exact) mass is 208 g/mol. The molecule has 1 unspecified atom stereocenters. The fourth-order valence-corrected chi connectivity index (χ4v) is 1.87. The van der Waals surface area contributed by atoms with Crippen molar-refractivity contribution in [2.45, 2.75) is 32.5 Å². The zero-order chi connectivity index (χ0) is 10.8. The van der Waals surface area contributed by atoms with Gasteiger partial charge in [0.1, 0.15) is 5.82 Å². The van der Waals surface area contributed by atoms with Gasteiger partial charge >= 0.3 is 0 Å². The van der Waals surface area contributed by atoms with Crippen LogP contribution in [0.1, 0.15) is 24.5 Å². The van der Waals surface area contributed by atoms with Crippen molar-refractivity contribution in [3.05, 3.63) is 35.1 Å². The highest BCUT2D eigenvalue weighted by Gasteiger charge is 2.23. The summed E-state index contributed by atoms with van der Waals surface area (Å²) in [5.74, 6) is -0.128. The zero-order valence-corrected chi connectivity index (χ0v) is 9.04. The molecule has 0 aliphatic carbocycles. The smallest absolute Gasteiger partial charge is 0.128 e. The predicted octanol–water partition coefficient (Wildman–Crippen LogP) is 1.88. The maximum Gasteiger partial charge on any atom is 0.128 e. The molecular formula is C12H17FN2. The SMILES string of the molecule is CC1CCN1Cc1ccc(CN)cc1F. The summed E-state index contributed by atoms with van der Waals surface area (Å²) >= 11 is 0. The van der Waals surface area contributed by atoms with Crippen LogP contribution in [0.2, 0.25) is 0 Å². The average Bonchev–Trinajstić information content (AvgIpc) is 2.25. The van der Waals surface area contributed by atoms with E-state index in [1.807, 2.05) is 12.1 Å². The molecule has 3 heteroatoms. The third-order valence-electron chi connectivity index (χ3n) is 3.18. The van der Waals surface area contributed by atoms with Gasteiger partial charge in [0.25, 0.3) is 0 Å². The fraction of sp³-hybridized carbons (Fsp3) is 0.500. The Bertz CT molecular complexity index is 351. The molecule has 1 saturated heterocycles. The second kappa shape index (κ2) is 4.29. The van der Waals surface area contributed by atoms with Crippen molar-refractivity contribution >= 4 is 0 Å². The Kier molecular flexibility index (Phi) is 3.03. The van der Waals surface area contributed by atoms with E-state index in [-0.39, 0.29) is 5.82 Å². The second-order valence-corrected chi connectivity index (χ2v) is 4.24. The Morgan fingerprint density at radius 3 is 2.80 bits per heavy atom. The van der Waals surface area contributed by atoms with Gasteiger partial charge in [0.15, 0.2) is 0 Å². The van der Waals surface area contributed by atoms with Crippen LogP contribution in [-0.2, 0) is 13.1 Å². The quantitative estimate of drug-likeness (QED) is 0.821. The second-order valence-electron chi connectivity index (χ2n) is 4.24. The number of benzene rings is 1. The highest BCUT2D eigenvalue weighted by Crippen LogP contribution is 2.21. The predicted molar refractivity (Wildman–Crippen MR) is 58.8 cm³/mol. The number of nitrogens with two attached hydrogens (primary N) is 1. The Labute approximate surface area is 89.9 Å². The molecule has 0 aromatic heterocycles. The minimum absolute atomic E-state index is 0.128. The Morgan fingerprint density at radius 2 is 2.33 bits per heavy atom. The van der Waals surface area contributed by atoms with E-state index in [0.717, 1.165) is 24.2 Å². The van der Waals surface area contributed by atoms with Gasteiger partial charge in [-0.3, -0.25) is 4.90 Å². The maximum atomic E-state index is 13.6. The molecule has 1 fully saturated rings. The molecule has 0 amide bonds. The van der Waals surface area contributed by atoms with Crippen molar-refractivity contribution < 1.29 is 4.39 Å². The van der Waals surface area contributed by atoms with Crippen LogP contribution in [0.4, 0.5) is 4.39 Å². The van der Waals surface area contributed by atoms with E-state index in [1.165, 1.54) is 6.42 Å². The molecule has 0 spiro atoms. The first-order chi connectivity index (χ1) is 7.20. The van der Waals surface area contributed by atoms with E-state index >= 15 is 0 Å². The Morgan fingerprint density at radius 1 is 1.53 bits per heavy atom. The van der Waals surface area contributed by atoms with Gasteiger partial charge in [-0.25, -0.2) is 4.39 Å². The van der Waals surface area contributed by atoms with Crippen molar-refractivity contribution in [1.29, 1.82) is 0 Å². The highest BCUT2D eigenvalue weighted by atomic mass is 19.1. The van der Waals surface area contributed by atoms with Gasteiger partial charge in [-0.15, -0.1) is 0 Å². The van der Waals surface area contributed by atoms with E-state index in [2.05, 4.69) is 11.8 Å². The molecule has 0 saturated carbocycles. The summed E-state index contributed by atoms with van der Waals surface area (Å²) in [4.78, 5) is 2.28. The first-order valence-corrected chi connectivity index (χ1v) is 5.42. The molecule has 2 N–H and O–H groups in total. The van der Waals surface area contributed by atoms with Crippen LogP contribution in [0.25, 0.3) is 0 Å². The van der Waals surface area contributed by atoms with Crippen molar-refractivity contribution in [3.8, 4) is 0 Å². The van der Waals surface area contributed by atoms with Gasteiger partial charge in [0.05, 0.1) is 0 Å². The van der Waals surface area contributed by atoms with Gasteiger partial charge in [0.2, 0.25) is 0 Å². The fourth-order valence-electron chi connectivity index (χ4n) is 1.87. The number of rotatable bonds is 3. The molecule has 1 aromatic rings. The van der Waals surface area contributed by atoms with Gasteiger partial charge < -0.3 is 5.73 Å². The molecule has 1 aliphatic heterocycles. The molecule has 1 atom stereocenters. The topological polar surface area (TPSA) is 29.3 Å². The molecule has 2 nitrogen and oxygen atoms in total. The molecular weight excluding hydrogens is 191 g/mol. The minimum Gasteiger partial charge on any atom is -0.326 e. The Balaban J connectivity index is 2.08. The minimum atomic E-state index is -0.128. The first-order valence-electron chi connectivity index (χ1n) is 5.42. The van der Waals surface area contributed by atoms with Gasteiger partial charge in [-0.1, -0.05) is 12.1 Å². The van der Waals surface area contributed by atoms with Crippen LogP contribution in [0.3, 0.4) is 0 Å². The van der Waals surface area contributed by atoms with Crippen molar-refractivity contribution in [2.24, 2.45) is 5.73 Å². The summed E-state index contributed by atoms with van der Waals surface area (Å²) < 4.78 is 13.6. The number of nitrogens with zero attached hydrogens (tertiary/aromatic N) is 1. The van der Waals surface area contributed by atoms with E-state index in [1.54, 1.807) is 6.07 Å². The van der Waals surface area contributed by atoms with E-state index < -0.39 is 0 Å². The summed E-state index contributed by atoms with van der Waals surface area (Å²) in [5, 5.41) is 0.